The van der Waals surface area contributed by atoms with Gasteiger partial charge in [-0.15, -0.1) is 0 Å². The van der Waals surface area contributed by atoms with E-state index in [1.54, 1.807) is 0 Å². The maximum atomic E-state index is 6.44. The Morgan fingerprint density at radius 3 is 2.57 bits per heavy atom. The Labute approximate surface area is 143 Å². The van der Waals surface area contributed by atoms with E-state index in [0.29, 0.717) is 16.9 Å². The van der Waals surface area contributed by atoms with Gasteiger partial charge < -0.3 is 5.32 Å². The van der Waals surface area contributed by atoms with E-state index in [9.17, 15) is 0 Å². The van der Waals surface area contributed by atoms with Gasteiger partial charge in [-0.25, -0.2) is 0 Å². The molecule has 1 aliphatic rings. The fourth-order valence-electron chi connectivity index (χ4n) is 3.14. The van der Waals surface area contributed by atoms with E-state index in [0.717, 1.165) is 29.0 Å². The molecule has 1 N–H and O–H groups in total. The molecular formula is C17H16BrCl2N. The molecule has 1 aliphatic heterocycles. The van der Waals surface area contributed by atoms with Crippen LogP contribution < -0.4 is 5.32 Å². The van der Waals surface area contributed by atoms with Gasteiger partial charge in [0.1, 0.15) is 0 Å². The molecule has 2 aromatic rings. The number of benzene rings is 2. The van der Waals surface area contributed by atoms with Crippen LogP contribution in [0.25, 0.3) is 0 Å². The van der Waals surface area contributed by atoms with Crippen LogP contribution >= 0.6 is 39.1 Å². The summed E-state index contributed by atoms with van der Waals surface area (Å²) in [7, 11) is 0. The number of halogens is 3. The number of nitrogens with one attached hydrogen (secondary N) is 1. The fraction of sp³-hybridized carbons (Fsp3) is 0.294. The van der Waals surface area contributed by atoms with Crippen LogP contribution in [0.4, 0.5) is 0 Å². The Balaban J connectivity index is 2.00. The molecule has 0 aromatic heterocycles. The summed E-state index contributed by atoms with van der Waals surface area (Å²) < 4.78 is 1.16. The molecule has 0 saturated carbocycles. The van der Waals surface area contributed by atoms with Crippen LogP contribution in [-0.4, -0.2) is 13.1 Å². The lowest BCUT2D eigenvalue weighted by Gasteiger charge is -2.34. The Bertz CT molecular complexity index is 644. The Morgan fingerprint density at radius 1 is 1.00 bits per heavy atom. The molecule has 1 heterocycles. The topological polar surface area (TPSA) is 12.0 Å². The number of piperidine rings is 1. The van der Waals surface area contributed by atoms with E-state index in [4.69, 9.17) is 23.2 Å². The number of hydrogen-bond acceptors (Lipinski definition) is 1. The van der Waals surface area contributed by atoms with Gasteiger partial charge in [0.25, 0.3) is 0 Å². The second-order valence-corrected chi connectivity index (χ2v) is 7.09. The van der Waals surface area contributed by atoms with Crippen molar-refractivity contribution in [3.05, 3.63) is 68.1 Å². The zero-order valence-electron chi connectivity index (χ0n) is 11.5. The minimum atomic E-state index is 0.410. The molecular weight excluding hydrogens is 369 g/mol. The smallest absolute Gasteiger partial charge is 0.0455 e. The molecule has 0 amide bonds. The van der Waals surface area contributed by atoms with E-state index in [1.165, 1.54) is 11.1 Å². The lowest BCUT2D eigenvalue weighted by molar-refractivity contribution is 0.403. The minimum absolute atomic E-state index is 0.410. The molecule has 4 heteroatoms. The second kappa shape index (κ2) is 6.70. The van der Waals surface area contributed by atoms with Crippen molar-refractivity contribution in [3.8, 4) is 0 Å². The van der Waals surface area contributed by atoms with Crippen LogP contribution in [0.5, 0.6) is 0 Å². The van der Waals surface area contributed by atoms with Gasteiger partial charge in [-0.05, 0) is 48.2 Å². The Morgan fingerprint density at radius 2 is 1.81 bits per heavy atom. The Hall–Kier alpha value is -0.540. The standard InChI is InChI=1S/C17H16BrCl2N/c18-16-4-2-1-3-13(16)15-10-21-8-7-12(15)14-6-5-11(19)9-17(14)20/h1-6,9,12,15,21H,7-8,10H2. The van der Waals surface area contributed by atoms with E-state index in [1.807, 2.05) is 18.2 Å². The monoisotopic (exact) mass is 383 g/mol. The van der Waals surface area contributed by atoms with Crippen LogP contribution in [-0.2, 0) is 0 Å². The van der Waals surface area contributed by atoms with Gasteiger partial charge >= 0.3 is 0 Å². The molecule has 2 unspecified atom stereocenters. The van der Waals surface area contributed by atoms with Crippen molar-refractivity contribution >= 4 is 39.1 Å². The molecule has 0 bridgehead atoms. The molecule has 2 aromatic carbocycles. The molecule has 0 aliphatic carbocycles. The van der Waals surface area contributed by atoms with Crippen molar-refractivity contribution in [1.29, 1.82) is 0 Å². The van der Waals surface area contributed by atoms with Gasteiger partial charge in [0.15, 0.2) is 0 Å². The summed E-state index contributed by atoms with van der Waals surface area (Å²) in [5, 5.41) is 4.96. The van der Waals surface area contributed by atoms with E-state index < -0.39 is 0 Å². The Kier molecular flexibility index (Phi) is 4.90. The quantitative estimate of drug-likeness (QED) is 0.708. The highest BCUT2D eigenvalue weighted by Gasteiger charge is 2.30. The van der Waals surface area contributed by atoms with Crippen molar-refractivity contribution in [2.45, 2.75) is 18.3 Å². The lowest BCUT2D eigenvalue weighted by Crippen LogP contribution is -2.34. The summed E-state index contributed by atoms with van der Waals surface area (Å²) in [4.78, 5) is 0. The molecule has 1 fully saturated rings. The van der Waals surface area contributed by atoms with Crippen molar-refractivity contribution in [2.75, 3.05) is 13.1 Å². The SMILES string of the molecule is Clc1ccc(C2CCNCC2c2ccccc2Br)c(Cl)c1. The zero-order chi connectivity index (χ0) is 14.8. The molecule has 110 valence electrons. The summed E-state index contributed by atoms with van der Waals surface area (Å²) in [6.45, 7) is 1.98. The van der Waals surface area contributed by atoms with Crippen LogP contribution in [0.15, 0.2) is 46.9 Å². The van der Waals surface area contributed by atoms with Gasteiger partial charge in [-0.2, -0.15) is 0 Å². The van der Waals surface area contributed by atoms with Gasteiger partial charge in [0.2, 0.25) is 0 Å². The maximum absolute atomic E-state index is 6.44. The van der Waals surface area contributed by atoms with Gasteiger partial charge in [0.05, 0.1) is 0 Å². The fourth-order valence-corrected chi connectivity index (χ4v) is 4.26. The summed E-state index contributed by atoms with van der Waals surface area (Å²) in [6, 6.07) is 14.3. The molecule has 0 spiro atoms. The number of hydrogen-bond donors (Lipinski definition) is 1. The third-order valence-corrected chi connectivity index (χ3v) is 5.43. The third-order valence-electron chi connectivity index (χ3n) is 4.15. The highest BCUT2D eigenvalue weighted by atomic mass is 79.9. The third kappa shape index (κ3) is 3.29. The summed E-state index contributed by atoms with van der Waals surface area (Å²) in [6.07, 6.45) is 1.08. The van der Waals surface area contributed by atoms with Crippen LogP contribution in [0, 0.1) is 0 Å². The largest absolute Gasteiger partial charge is 0.316 e. The van der Waals surface area contributed by atoms with Crippen LogP contribution in [0.2, 0.25) is 10.0 Å². The molecule has 0 radical (unpaired) electrons. The average Bonchev–Trinajstić information content (AvgIpc) is 2.48. The predicted octanol–water partition coefficient (Wildman–Crippen LogP) is 5.62. The number of rotatable bonds is 2. The van der Waals surface area contributed by atoms with Crippen molar-refractivity contribution in [3.63, 3.8) is 0 Å². The lowest BCUT2D eigenvalue weighted by atomic mass is 9.77. The van der Waals surface area contributed by atoms with Crippen LogP contribution in [0.3, 0.4) is 0 Å². The summed E-state index contributed by atoms with van der Waals surface area (Å²) >= 11 is 16.1. The highest BCUT2D eigenvalue weighted by Crippen LogP contribution is 2.42. The predicted molar refractivity (Wildman–Crippen MR) is 93.6 cm³/mol. The molecule has 3 rings (SSSR count). The minimum Gasteiger partial charge on any atom is -0.316 e. The van der Waals surface area contributed by atoms with Gasteiger partial charge in [-0.3, -0.25) is 0 Å². The first-order chi connectivity index (χ1) is 10.2. The summed E-state index contributed by atoms with van der Waals surface area (Å²) in [5.74, 6) is 0.822. The van der Waals surface area contributed by atoms with Gasteiger partial charge in [-0.1, -0.05) is 63.4 Å². The molecule has 1 nitrogen and oxygen atoms in total. The van der Waals surface area contributed by atoms with E-state index >= 15 is 0 Å². The van der Waals surface area contributed by atoms with E-state index in [-0.39, 0.29) is 0 Å². The van der Waals surface area contributed by atoms with Crippen molar-refractivity contribution in [1.82, 2.24) is 5.32 Å². The van der Waals surface area contributed by atoms with Gasteiger partial charge in [0, 0.05) is 27.0 Å². The molecule has 2 atom stereocenters. The highest BCUT2D eigenvalue weighted by molar-refractivity contribution is 9.10. The van der Waals surface area contributed by atoms with Crippen molar-refractivity contribution in [2.24, 2.45) is 0 Å². The van der Waals surface area contributed by atoms with Crippen molar-refractivity contribution < 1.29 is 0 Å². The first-order valence-electron chi connectivity index (χ1n) is 7.07. The first kappa shape index (κ1) is 15.4. The normalized spacial score (nSPS) is 22.2. The first-order valence-corrected chi connectivity index (χ1v) is 8.62. The zero-order valence-corrected chi connectivity index (χ0v) is 14.5. The average molecular weight is 385 g/mol. The molecule has 21 heavy (non-hydrogen) atoms. The second-order valence-electron chi connectivity index (χ2n) is 5.39. The molecule has 1 saturated heterocycles. The van der Waals surface area contributed by atoms with E-state index in [2.05, 4.69) is 45.5 Å². The summed E-state index contributed by atoms with van der Waals surface area (Å²) in [5.41, 5.74) is 2.53. The van der Waals surface area contributed by atoms with Crippen LogP contribution in [0.1, 0.15) is 29.4 Å². The maximum Gasteiger partial charge on any atom is 0.0455 e.